The Morgan fingerprint density at radius 2 is 1.93 bits per heavy atom. The van der Waals surface area contributed by atoms with Gasteiger partial charge in [0.05, 0.1) is 6.04 Å². The fourth-order valence-electron chi connectivity index (χ4n) is 1.36. The zero-order valence-corrected chi connectivity index (χ0v) is 10.8. The lowest BCUT2D eigenvalue weighted by Crippen LogP contribution is -2.46. The molecule has 0 fully saturated rings. The summed E-state index contributed by atoms with van der Waals surface area (Å²) in [6, 6.07) is -0.542. The van der Waals surface area contributed by atoms with Gasteiger partial charge < -0.3 is 11.1 Å². The van der Waals surface area contributed by atoms with Crippen LogP contribution < -0.4 is 11.1 Å². The quantitative estimate of drug-likeness (QED) is 0.691. The van der Waals surface area contributed by atoms with E-state index in [2.05, 4.69) is 5.32 Å². The standard InChI is InChI=1S/C10H22N2O2S/c1-7(2)5-9(11)10(13)12-8(3)6-15(4)14/h7-9H,5-6,11H2,1-4H3,(H,12,13)/t8?,9-,15?/m1/s1. The van der Waals surface area contributed by atoms with Crippen molar-refractivity contribution < 1.29 is 9.00 Å². The Bertz CT molecular complexity index is 231. The van der Waals surface area contributed by atoms with Gasteiger partial charge in [0.15, 0.2) is 0 Å². The lowest BCUT2D eigenvalue weighted by atomic mass is 10.0. The number of amides is 1. The Morgan fingerprint density at radius 1 is 1.40 bits per heavy atom. The minimum absolute atomic E-state index is 0.0819. The highest BCUT2D eigenvalue weighted by Crippen LogP contribution is 2.02. The van der Waals surface area contributed by atoms with Gasteiger partial charge in [-0.2, -0.15) is 0 Å². The molecule has 0 spiro atoms. The van der Waals surface area contributed by atoms with Crippen LogP contribution in [0.4, 0.5) is 0 Å². The fraction of sp³-hybridized carbons (Fsp3) is 0.900. The third-order valence-corrected chi connectivity index (χ3v) is 2.90. The van der Waals surface area contributed by atoms with E-state index in [-0.39, 0.29) is 11.9 Å². The van der Waals surface area contributed by atoms with Crippen LogP contribution in [0.1, 0.15) is 27.2 Å². The molecule has 0 aliphatic heterocycles. The first kappa shape index (κ1) is 14.6. The summed E-state index contributed by atoms with van der Waals surface area (Å²) >= 11 is 0. The van der Waals surface area contributed by atoms with Crippen molar-refractivity contribution in [3.05, 3.63) is 0 Å². The van der Waals surface area contributed by atoms with Gasteiger partial charge in [-0.3, -0.25) is 9.00 Å². The maximum absolute atomic E-state index is 11.5. The highest BCUT2D eigenvalue weighted by atomic mass is 32.2. The van der Waals surface area contributed by atoms with Gasteiger partial charge in [0, 0.05) is 28.9 Å². The van der Waals surface area contributed by atoms with Crippen molar-refractivity contribution in [1.82, 2.24) is 5.32 Å². The van der Waals surface area contributed by atoms with Gasteiger partial charge in [-0.25, -0.2) is 0 Å². The van der Waals surface area contributed by atoms with E-state index in [1.807, 2.05) is 20.8 Å². The van der Waals surface area contributed by atoms with Gasteiger partial charge in [-0.15, -0.1) is 0 Å². The summed E-state index contributed by atoms with van der Waals surface area (Å²) in [5, 5.41) is 2.76. The molecule has 0 aliphatic rings. The summed E-state index contributed by atoms with van der Waals surface area (Å²) in [7, 11) is -0.892. The van der Waals surface area contributed by atoms with Crippen LogP contribution in [0, 0.1) is 5.92 Å². The predicted octanol–water partition coefficient (Wildman–Crippen LogP) is 0.243. The molecular weight excluding hydrogens is 212 g/mol. The Labute approximate surface area is 94.4 Å². The van der Waals surface area contributed by atoms with Crippen molar-refractivity contribution in [2.75, 3.05) is 12.0 Å². The molecule has 0 rings (SSSR count). The van der Waals surface area contributed by atoms with Crippen molar-refractivity contribution in [2.24, 2.45) is 11.7 Å². The van der Waals surface area contributed by atoms with Crippen molar-refractivity contribution >= 4 is 16.7 Å². The predicted molar refractivity (Wildman–Crippen MR) is 64.0 cm³/mol. The molecule has 0 radical (unpaired) electrons. The highest BCUT2D eigenvalue weighted by molar-refractivity contribution is 7.84. The van der Waals surface area contributed by atoms with Crippen LogP contribution in [0.2, 0.25) is 0 Å². The van der Waals surface area contributed by atoms with Gasteiger partial charge >= 0.3 is 0 Å². The topological polar surface area (TPSA) is 72.2 Å². The van der Waals surface area contributed by atoms with Gasteiger partial charge in [0.2, 0.25) is 5.91 Å². The molecule has 0 heterocycles. The first-order chi connectivity index (χ1) is 6.82. The summed E-state index contributed by atoms with van der Waals surface area (Å²) < 4.78 is 10.9. The smallest absolute Gasteiger partial charge is 0.237 e. The molecule has 0 saturated carbocycles. The molecule has 0 aromatic heterocycles. The Morgan fingerprint density at radius 3 is 2.33 bits per heavy atom. The van der Waals surface area contributed by atoms with E-state index in [1.54, 1.807) is 6.26 Å². The van der Waals surface area contributed by atoms with Crippen LogP contribution >= 0.6 is 0 Å². The second kappa shape index (κ2) is 6.95. The Balaban J connectivity index is 3.95. The lowest BCUT2D eigenvalue weighted by molar-refractivity contribution is -0.123. The molecule has 4 nitrogen and oxygen atoms in total. The van der Waals surface area contributed by atoms with Crippen LogP contribution in [-0.4, -0.2) is 34.2 Å². The van der Waals surface area contributed by atoms with Gasteiger partial charge in [-0.05, 0) is 19.3 Å². The Hall–Kier alpha value is -0.420. The molecule has 0 bridgehead atoms. The third-order valence-electron chi connectivity index (χ3n) is 1.94. The molecule has 1 amide bonds. The summed E-state index contributed by atoms with van der Waals surface area (Å²) in [6.45, 7) is 5.89. The molecule has 3 N–H and O–H groups in total. The van der Waals surface area contributed by atoms with Crippen molar-refractivity contribution in [2.45, 2.75) is 39.3 Å². The zero-order chi connectivity index (χ0) is 12.0. The molecule has 5 heteroatoms. The van der Waals surface area contributed by atoms with Crippen LogP contribution in [0.3, 0.4) is 0 Å². The normalized spacial score (nSPS) is 17.2. The number of hydrogen-bond acceptors (Lipinski definition) is 3. The van der Waals surface area contributed by atoms with Crippen LogP contribution in [0.5, 0.6) is 0 Å². The largest absolute Gasteiger partial charge is 0.351 e. The SMILES string of the molecule is CC(C)C[C@@H](N)C(=O)NC(C)CS(C)=O. The molecule has 0 aliphatic carbocycles. The van der Waals surface area contributed by atoms with E-state index in [0.29, 0.717) is 18.1 Å². The number of carbonyl (C=O) groups excluding carboxylic acids is 1. The maximum atomic E-state index is 11.5. The van der Waals surface area contributed by atoms with E-state index in [0.717, 1.165) is 0 Å². The molecule has 3 atom stereocenters. The molecule has 90 valence electrons. The summed E-state index contributed by atoms with van der Waals surface area (Å²) in [5.41, 5.74) is 5.71. The zero-order valence-electron chi connectivity index (χ0n) is 9.95. The number of nitrogens with one attached hydrogen (secondary N) is 1. The first-order valence-corrected chi connectivity index (χ1v) is 6.91. The second-order valence-corrected chi connectivity index (χ2v) is 5.87. The third kappa shape index (κ3) is 7.50. The number of rotatable bonds is 6. The molecule has 2 unspecified atom stereocenters. The van der Waals surface area contributed by atoms with Crippen molar-refractivity contribution in [3.63, 3.8) is 0 Å². The number of hydrogen-bond donors (Lipinski definition) is 2. The minimum atomic E-state index is -0.892. The van der Waals surface area contributed by atoms with E-state index in [1.165, 1.54) is 0 Å². The number of nitrogens with two attached hydrogens (primary N) is 1. The molecule has 0 aromatic rings. The number of carbonyl (C=O) groups is 1. The van der Waals surface area contributed by atoms with Crippen LogP contribution in [-0.2, 0) is 15.6 Å². The summed E-state index contributed by atoms with van der Waals surface area (Å²) in [4.78, 5) is 11.5. The summed E-state index contributed by atoms with van der Waals surface area (Å²) in [6.07, 6.45) is 2.30. The summed E-state index contributed by atoms with van der Waals surface area (Å²) in [5.74, 6) is 0.725. The van der Waals surface area contributed by atoms with Gasteiger partial charge in [-0.1, -0.05) is 13.8 Å². The average Bonchev–Trinajstić information content (AvgIpc) is 2.00. The van der Waals surface area contributed by atoms with Crippen molar-refractivity contribution in [3.8, 4) is 0 Å². The first-order valence-electron chi connectivity index (χ1n) is 5.19. The monoisotopic (exact) mass is 234 g/mol. The average molecular weight is 234 g/mol. The van der Waals surface area contributed by atoms with Crippen molar-refractivity contribution in [1.29, 1.82) is 0 Å². The second-order valence-electron chi connectivity index (χ2n) is 4.39. The lowest BCUT2D eigenvalue weighted by Gasteiger charge is -2.17. The highest BCUT2D eigenvalue weighted by Gasteiger charge is 2.17. The van der Waals surface area contributed by atoms with E-state index in [4.69, 9.17) is 5.73 Å². The van der Waals surface area contributed by atoms with Gasteiger partial charge in [0.25, 0.3) is 0 Å². The van der Waals surface area contributed by atoms with Crippen LogP contribution in [0.25, 0.3) is 0 Å². The molecule has 0 aromatic carbocycles. The molecular formula is C10H22N2O2S. The molecule has 0 saturated heterocycles. The minimum Gasteiger partial charge on any atom is -0.351 e. The van der Waals surface area contributed by atoms with E-state index >= 15 is 0 Å². The Kier molecular flexibility index (Phi) is 6.76. The van der Waals surface area contributed by atoms with Crippen LogP contribution in [0.15, 0.2) is 0 Å². The molecule has 15 heavy (non-hydrogen) atoms. The van der Waals surface area contributed by atoms with Gasteiger partial charge in [0.1, 0.15) is 0 Å². The maximum Gasteiger partial charge on any atom is 0.237 e. The van der Waals surface area contributed by atoms with E-state index in [9.17, 15) is 9.00 Å². The van der Waals surface area contributed by atoms with E-state index < -0.39 is 16.8 Å². The fourth-order valence-corrected chi connectivity index (χ4v) is 2.15.